The summed E-state index contributed by atoms with van der Waals surface area (Å²) in [5, 5.41) is 9.44. The fourth-order valence-corrected chi connectivity index (χ4v) is 2.92. The molecule has 0 saturated heterocycles. The van der Waals surface area contributed by atoms with E-state index in [1.807, 2.05) is 0 Å². The summed E-state index contributed by atoms with van der Waals surface area (Å²) < 4.78 is 5.20. The molecular weight excluding hydrogens is 228 g/mol. The number of nitrogens with zero attached hydrogens (tertiary/aromatic N) is 1. The summed E-state index contributed by atoms with van der Waals surface area (Å²) in [6, 6.07) is 0.494. The van der Waals surface area contributed by atoms with Gasteiger partial charge in [0.05, 0.1) is 13.2 Å². The van der Waals surface area contributed by atoms with Crippen molar-refractivity contribution in [3.05, 3.63) is 0 Å². The average molecular weight is 258 g/mol. The molecule has 1 saturated carbocycles. The van der Waals surface area contributed by atoms with Crippen molar-refractivity contribution in [3.8, 4) is 0 Å². The number of nitrogens with two attached hydrogens (primary N) is 1. The van der Waals surface area contributed by atoms with E-state index in [0.29, 0.717) is 12.0 Å². The molecule has 1 aliphatic rings. The lowest BCUT2D eigenvalue weighted by atomic mass is 9.79. The number of methoxy groups -OCH3 is 1. The molecule has 3 N–H and O–H groups in total. The molecule has 0 bridgehead atoms. The van der Waals surface area contributed by atoms with E-state index in [9.17, 15) is 5.11 Å². The maximum absolute atomic E-state index is 9.44. The Morgan fingerprint density at radius 2 is 2.22 bits per heavy atom. The highest BCUT2D eigenvalue weighted by atomic mass is 16.5. The number of aliphatic hydroxyl groups is 1. The van der Waals surface area contributed by atoms with Crippen molar-refractivity contribution in [1.82, 2.24) is 4.90 Å². The van der Waals surface area contributed by atoms with Crippen LogP contribution < -0.4 is 5.73 Å². The zero-order valence-corrected chi connectivity index (χ0v) is 12.2. The zero-order chi connectivity index (χ0) is 13.6. The van der Waals surface area contributed by atoms with Crippen molar-refractivity contribution >= 4 is 0 Å². The van der Waals surface area contributed by atoms with Crippen molar-refractivity contribution in [2.75, 3.05) is 33.4 Å². The van der Waals surface area contributed by atoms with Gasteiger partial charge in [0.25, 0.3) is 0 Å². The van der Waals surface area contributed by atoms with Crippen LogP contribution in [-0.4, -0.2) is 55.0 Å². The first kappa shape index (κ1) is 15.9. The minimum absolute atomic E-state index is 0.100. The molecule has 18 heavy (non-hydrogen) atoms. The Kier molecular flexibility index (Phi) is 6.57. The third-order valence-corrected chi connectivity index (χ3v) is 3.87. The third kappa shape index (κ3) is 4.84. The fraction of sp³-hybridized carbons (Fsp3) is 1.00. The van der Waals surface area contributed by atoms with Gasteiger partial charge in [0.15, 0.2) is 0 Å². The Bertz CT molecular complexity index is 236. The first-order valence-electron chi connectivity index (χ1n) is 7.13. The van der Waals surface area contributed by atoms with Gasteiger partial charge in [-0.25, -0.2) is 0 Å². The summed E-state index contributed by atoms with van der Waals surface area (Å²) in [5.74, 6) is 0.644. The van der Waals surface area contributed by atoms with Gasteiger partial charge in [-0.05, 0) is 31.6 Å². The quantitative estimate of drug-likeness (QED) is 0.721. The maximum Gasteiger partial charge on any atom is 0.0611 e. The van der Waals surface area contributed by atoms with E-state index in [1.54, 1.807) is 7.11 Å². The van der Waals surface area contributed by atoms with Gasteiger partial charge in [-0.2, -0.15) is 0 Å². The Morgan fingerprint density at radius 1 is 1.50 bits per heavy atom. The Balaban J connectivity index is 2.59. The standard InChI is InChI=1S/C14H30N2O2/c1-12(2)10-16(7-8-18-3)13-5-4-6-14(15,9-13)11-17/h12-13,17H,4-11,15H2,1-3H3. The van der Waals surface area contributed by atoms with Gasteiger partial charge in [-0.3, -0.25) is 4.90 Å². The van der Waals surface area contributed by atoms with E-state index in [1.165, 1.54) is 6.42 Å². The average Bonchev–Trinajstić information content (AvgIpc) is 2.34. The van der Waals surface area contributed by atoms with E-state index in [2.05, 4.69) is 18.7 Å². The van der Waals surface area contributed by atoms with Gasteiger partial charge in [-0.15, -0.1) is 0 Å². The van der Waals surface area contributed by atoms with Crippen molar-refractivity contribution in [1.29, 1.82) is 0 Å². The summed E-state index contributed by atoms with van der Waals surface area (Å²) >= 11 is 0. The third-order valence-electron chi connectivity index (χ3n) is 3.87. The summed E-state index contributed by atoms with van der Waals surface area (Å²) in [5.41, 5.74) is 5.87. The molecule has 0 aliphatic heterocycles. The molecule has 0 aromatic rings. The van der Waals surface area contributed by atoms with Crippen LogP contribution in [0.1, 0.15) is 39.5 Å². The van der Waals surface area contributed by atoms with Crippen LogP contribution in [0.25, 0.3) is 0 Å². The highest BCUT2D eigenvalue weighted by Gasteiger charge is 2.34. The molecule has 2 unspecified atom stereocenters. The molecule has 0 amide bonds. The molecule has 1 rings (SSSR count). The molecule has 0 aromatic carbocycles. The lowest BCUT2D eigenvalue weighted by Crippen LogP contribution is -2.54. The van der Waals surface area contributed by atoms with E-state index in [4.69, 9.17) is 10.5 Å². The van der Waals surface area contributed by atoms with Crippen LogP contribution >= 0.6 is 0 Å². The highest BCUT2D eigenvalue weighted by Crippen LogP contribution is 2.29. The SMILES string of the molecule is COCCN(CC(C)C)C1CCCC(N)(CO)C1. The van der Waals surface area contributed by atoms with E-state index in [-0.39, 0.29) is 12.1 Å². The van der Waals surface area contributed by atoms with Crippen LogP contribution in [-0.2, 0) is 4.74 Å². The summed E-state index contributed by atoms with van der Waals surface area (Å²) in [6.07, 6.45) is 4.15. The smallest absolute Gasteiger partial charge is 0.0611 e. The van der Waals surface area contributed by atoms with Crippen LogP contribution in [0.2, 0.25) is 0 Å². The number of rotatable bonds is 7. The molecule has 108 valence electrons. The van der Waals surface area contributed by atoms with E-state index >= 15 is 0 Å². The van der Waals surface area contributed by atoms with Crippen LogP contribution in [0.15, 0.2) is 0 Å². The zero-order valence-electron chi connectivity index (χ0n) is 12.2. The monoisotopic (exact) mass is 258 g/mol. The first-order valence-corrected chi connectivity index (χ1v) is 7.13. The Labute approximate surface area is 111 Å². The normalized spacial score (nSPS) is 29.2. The molecule has 0 spiro atoms. The second-order valence-corrected chi connectivity index (χ2v) is 6.15. The Morgan fingerprint density at radius 3 is 2.78 bits per heavy atom. The van der Waals surface area contributed by atoms with Gasteiger partial charge in [0.2, 0.25) is 0 Å². The molecule has 0 aromatic heterocycles. The molecular formula is C14H30N2O2. The molecule has 2 atom stereocenters. The molecule has 0 heterocycles. The van der Waals surface area contributed by atoms with Gasteiger partial charge < -0.3 is 15.6 Å². The molecule has 4 heteroatoms. The summed E-state index contributed by atoms with van der Waals surface area (Å²) in [6.45, 7) is 7.38. The number of hydrogen-bond acceptors (Lipinski definition) is 4. The Hall–Kier alpha value is -0.160. The summed E-state index contributed by atoms with van der Waals surface area (Å²) in [7, 11) is 1.75. The largest absolute Gasteiger partial charge is 0.394 e. The van der Waals surface area contributed by atoms with Crippen molar-refractivity contribution in [2.24, 2.45) is 11.7 Å². The van der Waals surface area contributed by atoms with Gasteiger partial charge >= 0.3 is 0 Å². The van der Waals surface area contributed by atoms with Gasteiger partial charge in [0, 0.05) is 31.8 Å². The van der Waals surface area contributed by atoms with Crippen molar-refractivity contribution in [2.45, 2.75) is 51.1 Å². The lowest BCUT2D eigenvalue weighted by molar-refractivity contribution is 0.0554. The molecule has 1 fully saturated rings. The first-order chi connectivity index (χ1) is 8.50. The molecule has 0 radical (unpaired) electrons. The van der Waals surface area contributed by atoms with Crippen LogP contribution in [0.5, 0.6) is 0 Å². The predicted molar refractivity (Wildman–Crippen MR) is 74.5 cm³/mol. The fourth-order valence-electron chi connectivity index (χ4n) is 2.92. The number of ether oxygens (including phenoxy) is 1. The van der Waals surface area contributed by atoms with Crippen molar-refractivity contribution in [3.63, 3.8) is 0 Å². The number of hydrogen-bond donors (Lipinski definition) is 2. The van der Waals surface area contributed by atoms with Gasteiger partial charge in [-0.1, -0.05) is 13.8 Å². The van der Waals surface area contributed by atoms with Crippen LogP contribution in [0.4, 0.5) is 0 Å². The van der Waals surface area contributed by atoms with E-state index < -0.39 is 0 Å². The second kappa shape index (κ2) is 7.43. The minimum atomic E-state index is -0.370. The topological polar surface area (TPSA) is 58.7 Å². The maximum atomic E-state index is 9.44. The molecule has 1 aliphatic carbocycles. The lowest BCUT2D eigenvalue weighted by Gasteiger charge is -2.42. The van der Waals surface area contributed by atoms with Crippen LogP contribution in [0, 0.1) is 5.92 Å². The predicted octanol–water partition coefficient (Wildman–Crippen LogP) is 1.22. The minimum Gasteiger partial charge on any atom is -0.394 e. The number of aliphatic hydroxyl groups excluding tert-OH is 1. The summed E-state index contributed by atoms with van der Waals surface area (Å²) in [4.78, 5) is 2.49. The molecule has 4 nitrogen and oxygen atoms in total. The van der Waals surface area contributed by atoms with Gasteiger partial charge in [0.1, 0.15) is 0 Å². The van der Waals surface area contributed by atoms with Crippen LogP contribution in [0.3, 0.4) is 0 Å². The second-order valence-electron chi connectivity index (χ2n) is 6.15. The highest BCUT2D eigenvalue weighted by molar-refractivity contribution is 4.94. The van der Waals surface area contributed by atoms with E-state index in [0.717, 1.165) is 39.0 Å². The van der Waals surface area contributed by atoms with Crippen molar-refractivity contribution < 1.29 is 9.84 Å².